The number of imide groups is 2. The number of rotatable bonds is 10. The molecule has 0 spiro atoms. The monoisotopic (exact) mass is 716 g/mol. The highest BCUT2D eigenvalue weighted by molar-refractivity contribution is 7.99. The van der Waals surface area contributed by atoms with Crippen LogP contribution in [-0.2, 0) is 9.59 Å². The molecule has 5 aromatic rings. The second kappa shape index (κ2) is 14.2. The Bertz CT molecular complexity index is 2190. The number of nitrogens with zero attached hydrogens (tertiary/aromatic N) is 6. The first-order valence-corrected chi connectivity index (χ1v) is 18.4. The molecule has 52 heavy (non-hydrogen) atoms. The summed E-state index contributed by atoms with van der Waals surface area (Å²) >= 11 is 1.53. The smallest absolute Gasteiger partial charge is 0.263 e. The van der Waals surface area contributed by atoms with Crippen molar-refractivity contribution in [2.24, 2.45) is 0 Å². The van der Waals surface area contributed by atoms with Crippen molar-refractivity contribution in [2.75, 3.05) is 31.1 Å². The number of aromatic nitrogens is 4. The molecule has 4 amide bonds. The van der Waals surface area contributed by atoms with Crippen LogP contribution in [0.15, 0.2) is 84.0 Å². The number of nitrogens with two attached hydrogens (primary N) is 1. The zero-order valence-electron chi connectivity index (χ0n) is 28.2. The Morgan fingerprint density at radius 2 is 1.71 bits per heavy atom. The van der Waals surface area contributed by atoms with Gasteiger partial charge in [0.25, 0.3) is 11.8 Å². The van der Waals surface area contributed by atoms with Gasteiger partial charge in [-0.05, 0) is 93.1 Å². The molecular weight excluding hydrogens is 681 g/mol. The highest BCUT2D eigenvalue weighted by Crippen LogP contribution is 2.37. The number of amides is 4. The fourth-order valence-electron chi connectivity index (χ4n) is 7.27. The lowest BCUT2D eigenvalue weighted by Crippen LogP contribution is -2.54. The van der Waals surface area contributed by atoms with Crippen molar-refractivity contribution >= 4 is 52.2 Å². The number of nitrogens with one attached hydrogen (secondary N) is 1. The standard InChI is InChI=1S/C38H36N8O5S/c39-34-32-33(23-12-14-26(15-13-23)51-25-8-2-1-3-9-25)43-46(35(32)41-22-40-34)24-7-5-18-44(21-24)19-6-20-52-29-11-4-10-27-31(29)38(50)45(37(27)49)28-16-17-30(47)42-36(28)48/h1-4,8-15,22,24,28H,5-7,16-21H2,(H2,39,40,41)(H,42,47,48). The van der Waals surface area contributed by atoms with Gasteiger partial charge in [0.05, 0.1) is 22.6 Å². The van der Waals surface area contributed by atoms with E-state index in [2.05, 4.69) is 20.2 Å². The molecule has 0 bridgehead atoms. The molecule has 5 heterocycles. The van der Waals surface area contributed by atoms with Crippen LogP contribution < -0.4 is 15.8 Å². The maximum atomic E-state index is 13.5. The number of nitrogen functional groups attached to an aromatic ring is 1. The van der Waals surface area contributed by atoms with Crippen LogP contribution in [-0.4, -0.2) is 84.6 Å². The van der Waals surface area contributed by atoms with Crippen molar-refractivity contribution in [2.45, 2.75) is 49.1 Å². The van der Waals surface area contributed by atoms with E-state index in [0.29, 0.717) is 22.6 Å². The van der Waals surface area contributed by atoms with E-state index in [1.54, 1.807) is 12.1 Å². The number of carbonyl (C=O) groups excluding carboxylic acids is 4. The summed E-state index contributed by atoms with van der Waals surface area (Å²) in [7, 11) is 0. The van der Waals surface area contributed by atoms with Gasteiger partial charge in [0, 0.05) is 23.4 Å². The third kappa shape index (κ3) is 6.39. The molecule has 2 saturated heterocycles. The molecule has 3 aliphatic rings. The molecule has 3 aliphatic heterocycles. The normalized spacial score (nSPS) is 19.3. The van der Waals surface area contributed by atoms with Crippen LogP contribution in [0.3, 0.4) is 0 Å². The Kier molecular flexibility index (Phi) is 9.16. The SMILES string of the molecule is Nc1ncnc2c1c(-c1ccc(Oc3ccccc3)cc1)nn2C1CCCN(CCCSc2cccc3c2C(=O)N(C2CCC(=O)NC2=O)C3=O)C1. The summed E-state index contributed by atoms with van der Waals surface area (Å²) in [5, 5.41) is 8.06. The number of anilines is 1. The molecule has 2 aromatic heterocycles. The Hall–Kier alpha value is -5.60. The Labute approximate surface area is 303 Å². The van der Waals surface area contributed by atoms with Crippen LogP contribution >= 0.6 is 11.8 Å². The molecule has 13 nitrogen and oxygen atoms in total. The minimum atomic E-state index is -0.985. The van der Waals surface area contributed by atoms with E-state index in [4.69, 9.17) is 15.6 Å². The number of carbonyl (C=O) groups is 4. The average Bonchev–Trinajstić information content (AvgIpc) is 3.67. The average molecular weight is 717 g/mol. The number of benzene rings is 3. The van der Waals surface area contributed by atoms with Crippen molar-refractivity contribution < 1.29 is 23.9 Å². The summed E-state index contributed by atoms with van der Waals surface area (Å²) in [5.41, 5.74) is 9.38. The van der Waals surface area contributed by atoms with Crippen LogP contribution in [0.25, 0.3) is 22.3 Å². The fourth-order valence-corrected chi connectivity index (χ4v) is 8.28. The van der Waals surface area contributed by atoms with Gasteiger partial charge in [0.2, 0.25) is 11.8 Å². The predicted molar refractivity (Wildman–Crippen MR) is 195 cm³/mol. The van der Waals surface area contributed by atoms with E-state index in [9.17, 15) is 19.2 Å². The Balaban J connectivity index is 0.925. The van der Waals surface area contributed by atoms with Gasteiger partial charge >= 0.3 is 0 Å². The first-order valence-electron chi connectivity index (χ1n) is 17.4. The molecule has 2 atom stereocenters. The van der Waals surface area contributed by atoms with E-state index in [0.717, 1.165) is 82.6 Å². The lowest BCUT2D eigenvalue weighted by molar-refractivity contribution is -0.136. The number of thioether (sulfide) groups is 1. The Morgan fingerprint density at radius 3 is 2.52 bits per heavy atom. The molecule has 264 valence electrons. The van der Waals surface area contributed by atoms with Crippen molar-refractivity contribution in [3.8, 4) is 22.8 Å². The van der Waals surface area contributed by atoms with E-state index >= 15 is 0 Å². The van der Waals surface area contributed by atoms with Crippen molar-refractivity contribution in [3.63, 3.8) is 0 Å². The van der Waals surface area contributed by atoms with Gasteiger partial charge in [-0.3, -0.25) is 29.4 Å². The zero-order chi connectivity index (χ0) is 35.8. The summed E-state index contributed by atoms with van der Waals surface area (Å²) in [4.78, 5) is 63.9. The fraction of sp³-hybridized carbons (Fsp3) is 0.289. The third-order valence-electron chi connectivity index (χ3n) is 9.76. The van der Waals surface area contributed by atoms with Gasteiger partial charge in [-0.15, -0.1) is 11.8 Å². The highest BCUT2D eigenvalue weighted by Gasteiger charge is 2.45. The highest BCUT2D eigenvalue weighted by atomic mass is 32.2. The van der Waals surface area contributed by atoms with Gasteiger partial charge < -0.3 is 15.4 Å². The summed E-state index contributed by atoms with van der Waals surface area (Å²) in [6, 6.07) is 21.7. The summed E-state index contributed by atoms with van der Waals surface area (Å²) in [6.45, 7) is 2.60. The van der Waals surface area contributed by atoms with Crippen molar-refractivity contribution in [3.05, 3.63) is 90.3 Å². The number of para-hydroxylation sites is 1. The van der Waals surface area contributed by atoms with Gasteiger partial charge in [-0.25, -0.2) is 14.6 Å². The van der Waals surface area contributed by atoms with Crippen LogP contribution in [0, 0.1) is 0 Å². The molecule has 3 aromatic carbocycles. The first-order chi connectivity index (χ1) is 25.4. The molecule has 3 N–H and O–H groups in total. The summed E-state index contributed by atoms with van der Waals surface area (Å²) < 4.78 is 7.99. The second-order valence-electron chi connectivity index (χ2n) is 13.1. The minimum Gasteiger partial charge on any atom is -0.457 e. The minimum absolute atomic E-state index is 0.0849. The van der Waals surface area contributed by atoms with Crippen molar-refractivity contribution in [1.29, 1.82) is 0 Å². The van der Waals surface area contributed by atoms with Gasteiger partial charge in [0.15, 0.2) is 5.65 Å². The maximum absolute atomic E-state index is 13.5. The topological polar surface area (TPSA) is 166 Å². The van der Waals surface area contributed by atoms with Crippen molar-refractivity contribution in [1.82, 2.24) is 34.9 Å². The van der Waals surface area contributed by atoms with E-state index in [-0.39, 0.29) is 18.9 Å². The van der Waals surface area contributed by atoms with E-state index < -0.39 is 29.7 Å². The molecule has 8 rings (SSSR count). The second-order valence-corrected chi connectivity index (χ2v) is 14.3. The number of hydrogen-bond donors (Lipinski definition) is 2. The van der Waals surface area contributed by atoms with Crippen LogP contribution in [0.1, 0.15) is 58.9 Å². The molecule has 0 aliphatic carbocycles. The predicted octanol–water partition coefficient (Wildman–Crippen LogP) is 5.09. The van der Waals surface area contributed by atoms with Gasteiger partial charge in [-0.1, -0.05) is 24.3 Å². The summed E-state index contributed by atoms with van der Waals surface area (Å²) in [6.07, 6.45) is 4.50. The number of likely N-dealkylation sites (tertiary alicyclic amines) is 1. The number of hydrogen-bond acceptors (Lipinski definition) is 11. The lowest BCUT2D eigenvalue weighted by Gasteiger charge is -2.32. The molecule has 0 radical (unpaired) electrons. The van der Waals surface area contributed by atoms with Gasteiger partial charge in [0.1, 0.15) is 35.4 Å². The Morgan fingerprint density at radius 1 is 0.904 bits per heavy atom. The maximum Gasteiger partial charge on any atom is 0.263 e. The molecule has 0 saturated carbocycles. The summed E-state index contributed by atoms with van der Waals surface area (Å²) in [5.74, 6) is 0.611. The molecule has 14 heteroatoms. The molecular formula is C38H36N8O5S. The molecule has 2 unspecified atom stereocenters. The van der Waals surface area contributed by atoms with Gasteiger partial charge in [-0.2, -0.15) is 5.10 Å². The molecule has 2 fully saturated rings. The van der Waals surface area contributed by atoms with E-state index in [1.165, 1.54) is 18.1 Å². The lowest BCUT2D eigenvalue weighted by atomic mass is 10.0. The third-order valence-corrected chi connectivity index (χ3v) is 10.9. The first kappa shape index (κ1) is 33.5. The van der Waals surface area contributed by atoms with E-state index in [1.807, 2.05) is 65.3 Å². The number of fused-ring (bicyclic) bond motifs is 2. The van der Waals surface area contributed by atoms with Crippen LogP contribution in [0.4, 0.5) is 5.82 Å². The van der Waals surface area contributed by atoms with Crippen LogP contribution in [0.5, 0.6) is 11.5 Å². The number of piperidine rings is 2. The quantitative estimate of drug-likeness (QED) is 0.112. The largest absolute Gasteiger partial charge is 0.457 e. The van der Waals surface area contributed by atoms with Crippen LogP contribution in [0.2, 0.25) is 0 Å². The number of ether oxygens (including phenoxy) is 1. The zero-order valence-corrected chi connectivity index (χ0v) is 29.1.